The van der Waals surface area contributed by atoms with Gasteiger partial charge in [-0.1, -0.05) is 0 Å². The number of alkyl carbamates (subject to hydrolysis) is 1. The summed E-state index contributed by atoms with van der Waals surface area (Å²) in [5.41, 5.74) is -1.28. The minimum Gasteiger partial charge on any atom is -0.481 e. The Morgan fingerprint density at radius 1 is 1.17 bits per heavy atom. The van der Waals surface area contributed by atoms with Crippen LogP contribution in [0.4, 0.5) is 4.79 Å². The molecule has 0 aromatic heterocycles. The Hall–Kier alpha value is -1.30. The summed E-state index contributed by atoms with van der Waals surface area (Å²) in [7, 11) is 0. The second kappa shape index (κ2) is 6.58. The quantitative estimate of drug-likeness (QED) is 0.712. The van der Waals surface area contributed by atoms with E-state index in [0.717, 1.165) is 0 Å². The third-order valence-electron chi connectivity index (χ3n) is 1.84. The van der Waals surface area contributed by atoms with Gasteiger partial charge in [-0.2, -0.15) is 0 Å². The molecule has 0 atom stereocenters. The molecule has 0 aromatic rings. The van der Waals surface area contributed by atoms with E-state index >= 15 is 0 Å². The molecule has 0 aliphatic heterocycles. The molecule has 0 bridgehead atoms. The predicted octanol–water partition coefficient (Wildman–Crippen LogP) is 1.78. The highest BCUT2D eigenvalue weighted by Gasteiger charge is 2.22. The Morgan fingerprint density at radius 2 is 1.72 bits per heavy atom. The zero-order valence-corrected chi connectivity index (χ0v) is 11.7. The van der Waals surface area contributed by atoms with Crippen molar-refractivity contribution in [3.63, 3.8) is 0 Å². The SMILES string of the molecule is CC(C)(C)OC(=O)NCCOC(C)(C)CC(=O)O. The Labute approximate surface area is 108 Å². The molecule has 0 rings (SSSR count). The summed E-state index contributed by atoms with van der Waals surface area (Å²) in [6.45, 7) is 9.22. The number of nitrogens with one attached hydrogen (secondary N) is 1. The molecule has 106 valence electrons. The van der Waals surface area contributed by atoms with Crippen LogP contribution in [0.1, 0.15) is 41.0 Å². The summed E-state index contributed by atoms with van der Waals surface area (Å²) in [5.74, 6) is -0.917. The number of carboxylic acids is 1. The highest BCUT2D eigenvalue weighted by Crippen LogP contribution is 2.13. The van der Waals surface area contributed by atoms with Gasteiger partial charge in [-0.25, -0.2) is 4.79 Å². The summed E-state index contributed by atoms with van der Waals surface area (Å²) in [6.07, 6.45) is -0.596. The van der Waals surface area contributed by atoms with E-state index < -0.39 is 23.3 Å². The summed E-state index contributed by atoms with van der Waals surface area (Å²) in [5, 5.41) is 11.2. The number of rotatable bonds is 6. The summed E-state index contributed by atoms with van der Waals surface area (Å²) in [6, 6.07) is 0. The second-order valence-corrected chi connectivity index (χ2v) is 5.61. The average Bonchev–Trinajstić information content (AvgIpc) is 2.07. The van der Waals surface area contributed by atoms with Gasteiger partial charge in [-0.05, 0) is 34.6 Å². The van der Waals surface area contributed by atoms with Crippen LogP contribution in [0.2, 0.25) is 0 Å². The van der Waals surface area contributed by atoms with Gasteiger partial charge in [-0.15, -0.1) is 0 Å². The van der Waals surface area contributed by atoms with Crippen LogP contribution in [0.3, 0.4) is 0 Å². The number of carboxylic acid groups (broad SMARTS) is 1. The van der Waals surface area contributed by atoms with Crippen molar-refractivity contribution in [1.29, 1.82) is 0 Å². The summed E-state index contributed by atoms with van der Waals surface area (Å²) < 4.78 is 10.4. The number of hydrogen-bond donors (Lipinski definition) is 2. The van der Waals surface area contributed by atoms with Gasteiger partial charge in [0.25, 0.3) is 0 Å². The van der Waals surface area contributed by atoms with Gasteiger partial charge < -0.3 is 19.9 Å². The molecule has 0 fully saturated rings. The molecule has 0 heterocycles. The van der Waals surface area contributed by atoms with E-state index in [1.807, 2.05) is 0 Å². The van der Waals surface area contributed by atoms with Gasteiger partial charge in [0.15, 0.2) is 0 Å². The van der Waals surface area contributed by atoms with E-state index in [0.29, 0.717) is 0 Å². The first kappa shape index (κ1) is 16.7. The number of hydrogen-bond acceptors (Lipinski definition) is 4. The lowest BCUT2D eigenvalue weighted by Crippen LogP contribution is -2.36. The first-order valence-electron chi connectivity index (χ1n) is 5.84. The number of carbonyl (C=O) groups is 2. The van der Waals surface area contributed by atoms with Crippen LogP contribution >= 0.6 is 0 Å². The summed E-state index contributed by atoms with van der Waals surface area (Å²) >= 11 is 0. The Kier molecular flexibility index (Phi) is 6.11. The Morgan fingerprint density at radius 3 is 2.17 bits per heavy atom. The zero-order valence-electron chi connectivity index (χ0n) is 11.7. The molecule has 0 aliphatic rings. The third kappa shape index (κ3) is 9.89. The molecular weight excluding hydrogens is 238 g/mol. The molecule has 2 N–H and O–H groups in total. The lowest BCUT2D eigenvalue weighted by molar-refractivity contribution is -0.143. The fraction of sp³-hybridized carbons (Fsp3) is 0.833. The minimum atomic E-state index is -0.917. The largest absolute Gasteiger partial charge is 0.481 e. The van der Waals surface area contributed by atoms with Crippen molar-refractivity contribution < 1.29 is 24.2 Å². The maximum Gasteiger partial charge on any atom is 0.407 e. The van der Waals surface area contributed by atoms with Gasteiger partial charge in [-0.3, -0.25) is 4.79 Å². The molecule has 6 heteroatoms. The van der Waals surface area contributed by atoms with Crippen LogP contribution < -0.4 is 5.32 Å². The van der Waals surface area contributed by atoms with E-state index in [9.17, 15) is 9.59 Å². The Bertz CT molecular complexity index is 293. The van der Waals surface area contributed by atoms with Crippen molar-refractivity contribution in [2.24, 2.45) is 0 Å². The topological polar surface area (TPSA) is 84.9 Å². The number of carbonyl (C=O) groups excluding carboxylic acids is 1. The van der Waals surface area contributed by atoms with Crippen LogP contribution in [0, 0.1) is 0 Å². The Balaban J connectivity index is 3.80. The lowest BCUT2D eigenvalue weighted by atomic mass is 10.1. The van der Waals surface area contributed by atoms with Crippen LogP contribution in [0.25, 0.3) is 0 Å². The third-order valence-corrected chi connectivity index (χ3v) is 1.84. The fourth-order valence-electron chi connectivity index (χ4n) is 1.21. The predicted molar refractivity (Wildman–Crippen MR) is 66.5 cm³/mol. The molecule has 1 amide bonds. The monoisotopic (exact) mass is 261 g/mol. The van der Waals surface area contributed by atoms with Crippen LogP contribution in [-0.4, -0.2) is 41.5 Å². The maximum atomic E-state index is 11.3. The van der Waals surface area contributed by atoms with Gasteiger partial charge >= 0.3 is 12.1 Å². The van der Waals surface area contributed by atoms with Crippen LogP contribution in [0.15, 0.2) is 0 Å². The highest BCUT2D eigenvalue weighted by atomic mass is 16.6. The van der Waals surface area contributed by atoms with E-state index in [1.165, 1.54) is 0 Å². The first-order chi connectivity index (χ1) is 8.02. The minimum absolute atomic E-state index is 0.0839. The zero-order chi connectivity index (χ0) is 14.4. The van der Waals surface area contributed by atoms with Gasteiger partial charge in [0.05, 0.1) is 18.6 Å². The van der Waals surface area contributed by atoms with E-state index in [1.54, 1.807) is 34.6 Å². The normalized spacial score (nSPS) is 12.1. The van der Waals surface area contributed by atoms with Crippen LogP contribution in [0.5, 0.6) is 0 Å². The molecule has 0 aromatic carbocycles. The van der Waals surface area contributed by atoms with Crippen molar-refractivity contribution in [3.8, 4) is 0 Å². The first-order valence-corrected chi connectivity index (χ1v) is 5.84. The maximum absolute atomic E-state index is 11.3. The fourth-order valence-corrected chi connectivity index (χ4v) is 1.21. The smallest absolute Gasteiger partial charge is 0.407 e. The van der Waals surface area contributed by atoms with Gasteiger partial charge in [0, 0.05) is 6.54 Å². The van der Waals surface area contributed by atoms with E-state index in [-0.39, 0.29) is 19.6 Å². The molecular formula is C12H23NO5. The van der Waals surface area contributed by atoms with Gasteiger partial charge in [0.1, 0.15) is 5.60 Å². The van der Waals surface area contributed by atoms with Crippen molar-refractivity contribution in [2.45, 2.75) is 52.2 Å². The van der Waals surface area contributed by atoms with Crippen molar-refractivity contribution in [3.05, 3.63) is 0 Å². The highest BCUT2D eigenvalue weighted by molar-refractivity contribution is 5.68. The molecule has 0 spiro atoms. The molecule has 0 aliphatic carbocycles. The molecule has 6 nitrogen and oxygen atoms in total. The lowest BCUT2D eigenvalue weighted by Gasteiger charge is -2.24. The molecule has 0 saturated carbocycles. The standard InChI is InChI=1S/C12H23NO5/c1-11(2,3)18-10(16)13-6-7-17-12(4,5)8-9(14)15/h6-8H2,1-5H3,(H,13,16)(H,14,15). The van der Waals surface area contributed by atoms with Gasteiger partial charge in [0.2, 0.25) is 0 Å². The molecule has 0 unspecified atom stereocenters. The number of aliphatic carboxylic acids is 1. The number of ether oxygens (including phenoxy) is 2. The van der Waals surface area contributed by atoms with Crippen molar-refractivity contribution >= 4 is 12.1 Å². The van der Waals surface area contributed by atoms with E-state index in [2.05, 4.69) is 5.32 Å². The van der Waals surface area contributed by atoms with Crippen molar-refractivity contribution in [2.75, 3.05) is 13.2 Å². The van der Waals surface area contributed by atoms with Crippen molar-refractivity contribution in [1.82, 2.24) is 5.32 Å². The molecule has 18 heavy (non-hydrogen) atoms. The second-order valence-electron chi connectivity index (χ2n) is 5.61. The molecule has 0 radical (unpaired) electrons. The van der Waals surface area contributed by atoms with Crippen LogP contribution in [-0.2, 0) is 14.3 Å². The molecule has 0 saturated heterocycles. The van der Waals surface area contributed by atoms with E-state index in [4.69, 9.17) is 14.6 Å². The summed E-state index contributed by atoms with van der Waals surface area (Å²) in [4.78, 5) is 21.8. The number of amides is 1. The average molecular weight is 261 g/mol.